The Labute approximate surface area is 194 Å². The molecule has 0 fully saturated rings. The predicted octanol–water partition coefficient (Wildman–Crippen LogP) is 7.78. The summed E-state index contributed by atoms with van der Waals surface area (Å²) in [6, 6.07) is 15.3. The summed E-state index contributed by atoms with van der Waals surface area (Å²) in [4.78, 5) is 12.4. The van der Waals surface area contributed by atoms with E-state index in [9.17, 15) is 4.79 Å². The van der Waals surface area contributed by atoms with Crippen LogP contribution in [0.5, 0.6) is 11.5 Å². The molecular weight excluding hydrogens is 466 g/mol. The summed E-state index contributed by atoms with van der Waals surface area (Å²) in [7, 11) is 1.58. The zero-order chi connectivity index (χ0) is 21.7. The van der Waals surface area contributed by atoms with Crippen LogP contribution in [0.25, 0.3) is 6.08 Å². The van der Waals surface area contributed by atoms with Crippen LogP contribution in [0.4, 0.5) is 0 Å². The molecule has 0 heterocycles. The molecule has 154 valence electrons. The number of carbonyl (C=O) groups excluding carboxylic acids is 1. The fourth-order valence-corrected chi connectivity index (χ4v) is 3.68. The van der Waals surface area contributed by atoms with E-state index in [1.807, 2.05) is 18.2 Å². The molecular formula is C23H16Cl4O3. The number of hydrogen-bond acceptors (Lipinski definition) is 3. The Bertz CT molecular complexity index is 1110. The number of ether oxygens (including phenoxy) is 2. The summed E-state index contributed by atoms with van der Waals surface area (Å²) < 4.78 is 11.2. The van der Waals surface area contributed by atoms with Gasteiger partial charge >= 0.3 is 0 Å². The molecule has 3 aromatic carbocycles. The van der Waals surface area contributed by atoms with Crippen molar-refractivity contribution in [2.45, 2.75) is 6.61 Å². The molecule has 0 unspecified atom stereocenters. The topological polar surface area (TPSA) is 35.5 Å². The normalized spacial score (nSPS) is 11.0. The fourth-order valence-electron chi connectivity index (χ4n) is 2.71. The molecule has 0 saturated carbocycles. The number of carbonyl (C=O) groups is 1. The molecule has 3 nitrogen and oxygen atoms in total. The molecule has 0 spiro atoms. The summed E-state index contributed by atoms with van der Waals surface area (Å²) in [6.07, 6.45) is 3.16. The van der Waals surface area contributed by atoms with Gasteiger partial charge in [-0.2, -0.15) is 0 Å². The van der Waals surface area contributed by atoms with Crippen molar-refractivity contribution in [2.75, 3.05) is 7.11 Å². The molecule has 0 saturated heterocycles. The van der Waals surface area contributed by atoms with E-state index >= 15 is 0 Å². The smallest absolute Gasteiger partial charge is 0.187 e. The van der Waals surface area contributed by atoms with Gasteiger partial charge in [0.25, 0.3) is 0 Å². The van der Waals surface area contributed by atoms with E-state index in [0.29, 0.717) is 37.2 Å². The van der Waals surface area contributed by atoms with Crippen molar-refractivity contribution in [1.82, 2.24) is 0 Å². The summed E-state index contributed by atoms with van der Waals surface area (Å²) in [6.45, 7) is 0.225. The first-order valence-corrected chi connectivity index (χ1v) is 10.3. The molecule has 0 atom stereocenters. The van der Waals surface area contributed by atoms with Crippen molar-refractivity contribution >= 4 is 58.3 Å². The van der Waals surface area contributed by atoms with Gasteiger partial charge in [0.15, 0.2) is 5.78 Å². The molecule has 7 heteroatoms. The van der Waals surface area contributed by atoms with Crippen molar-refractivity contribution in [3.63, 3.8) is 0 Å². The van der Waals surface area contributed by atoms with Gasteiger partial charge in [0.2, 0.25) is 0 Å². The van der Waals surface area contributed by atoms with Crippen LogP contribution in [-0.4, -0.2) is 12.9 Å². The van der Waals surface area contributed by atoms with E-state index in [1.54, 1.807) is 43.5 Å². The van der Waals surface area contributed by atoms with Gasteiger partial charge in [-0.25, -0.2) is 0 Å². The Kier molecular flexibility index (Phi) is 7.68. The average molecular weight is 482 g/mol. The molecule has 0 amide bonds. The SMILES string of the molecule is COc1ccc(/C=C/C(=O)c2ccc(Cl)cc2Cl)cc1COc1ccc(Cl)cc1Cl. The second kappa shape index (κ2) is 10.2. The molecule has 3 aromatic rings. The number of hydrogen-bond donors (Lipinski definition) is 0. The van der Waals surface area contributed by atoms with E-state index in [2.05, 4.69) is 0 Å². The maximum Gasteiger partial charge on any atom is 0.187 e. The standard InChI is InChI=1S/C23H16Cl4O3/c1-29-22-8-3-14(2-7-21(28)18-6-4-16(24)11-19(18)26)10-15(22)13-30-23-9-5-17(25)12-20(23)27/h2-12H,13H2,1H3/b7-2+. The third kappa shape index (κ3) is 5.71. The molecule has 0 aliphatic carbocycles. The van der Waals surface area contributed by atoms with Crippen molar-refractivity contribution in [3.05, 3.63) is 97.5 Å². The maximum absolute atomic E-state index is 12.4. The Morgan fingerprint density at radius 1 is 0.867 bits per heavy atom. The van der Waals surface area contributed by atoms with E-state index < -0.39 is 0 Å². The van der Waals surface area contributed by atoms with Gasteiger partial charge in [-0.3, -0.25) is 4.79 Å². The first-order chi connectivity index (χ1) is 14.4. The van der Waals surface area contributed by atoms with Gasteiger partial charge in [0.1, 0.15) is 18.1 Å². The minimum Gasteiger partial charge on any atom is -0.496 e. The van der Waals surface area contributed by atoms with Gasteiger partial charge < -0.3 is 9.47 Å². The number of methoxy groups -OCH3 is 1. The van der Waals surface area contributed by atoms with Gasteiger partial charge in [0, 0.05) is 21.2 Å². The van der Waals surface area contributed by atoms with Crippen molar-refractivity contribution < 1.29 is 14.3 Å². The molecule has 0 aliphatic heterocycles. The van der Waals surface area contributed by atoms with Crippen LogP contribution in [0.3, 0.4) is 0 Å². The Morgan fingerprint density at radius 2 is 1.53 bits per heavy atom. The number of allylic oxidation sites excluding steroid dienone is 1. The van der Waals surface area contributed by atoms with Gasteiger partial charge in [-0.1, -0.05) is 58.5 Å². The number of benzene rings is 3. The molecule has 0 aliphatic rings. The van der Waals surface area contributed by atoms with Crippen LogP contribution >= 0.6 is 46.4 Å². The highest BCUT2D eigenvalue weighted by Crippen LogP contribution is 2.30. The van der Waals surface area contributed by atoms with Crippen LogP contribution < -0.4 is 9.47 Å². The zero-order valence-corrected chi connectivity index (χ0v) is 18.8. The van der Waals surface area contributed by atoms with Gasteiger partial charge in [-0.05, 0) is 60.2 Å². The quantitative estimate of drug-likeness (QED) is 0.255. The first kappa shape index (κ1) is 22.5. The minimum absolute atomic E-state index is 0.224. The highest BCUT2D eigenvalue weighted by atomic mass is 35.5. The molecule has 0 aromatic heterocycles. The second-order valence-corrected chi connectivity index (χ2v) is 7.94. The lowest BCUT2D eigenvalue weighted by Crippen LogP contribution is -2.00. The summed E-state index contributed by atoms with van der Waals surface area (Å²) in [5.41, 5.74) is 1.98. The number of ketones is 1. The lowest BCUT2D eigenvalue weighted by molar-refractivity contribution is 0.104. The van der Waals surface area contributed by atoms with Gasteiger partial charge in [-0.15, -0.1) is 0 Å². The molecule has 3 rings (SSSR count). The Morgan fingerprint density at radius 3 is 2.20 bits per heavy atom. The molecule has 0 bridgehead atoms. The Balaban J connectivity index is 1.78. The highest BCUT2D eigenvalue weighted by Gasteiger charge is 2.10. The van der Waals surface area contributed by atoms with Crippen LogP contribution in [0, 0.1) is 0 Å². The van der Waals surface area contributed by atoms with Gasteiger partial charge in [0.05, 0.1) is 17.2 Å². The van der Waals surface area contributed by atoms with Crippen LogP contribution in [-0.2, 0) is 6.61 Å². The van der Waals surface area contributed by atoms with Crippen molar-refractivity contribution in [1.29, 1.82) is 0 Å². The largest absolute Gasteiger partial charge is 0.496 e. The molecule has 0 radical (unpaired) electrons. The van der Waals surface area contributed by atoms with E-state index in [-0.39, 0.29) is 12.4 Å². The monoisotopic (exact) mass is 480 g/mol. The summed E-state index contributed by atoms with van der Waals surface area (Å²) >= 11 is 24.1. The van der Waals surface area contributed by atoms with E-state index in [0.717, 1.165) is 11.1 Å². The second-order valence-electron chi connectivity index (χ2n) is 6.26. The summed E-state index contributed by atoms with van der Waals surface area (Å²) in [5.74, 6) is 0.944. The maximum atomic E-state index is 12.4. The highest BCUT2D eigenvalue weighted by molar-refractivity contribution is 6.37. The Hall–Kier alpha value is -2.17. The van der Waals surface area contributed by atoms with Crippen LogP contribution in [0.2, 0.25) is 20.1 Å². The predicted molar refractivity (Wildman–Crippen MR) is 124 cm³/mol. The summed E-state index contributed by atoms with van der Waals surface area (Å²) in [5, 5.41) is 1.73. The number of rotatable bonds is 7. The minimum atomic E-state index is -0.224. The van der Waals surface area contributed by atoms with Crippen LogP contribution in [0.1, 0.15) is 21.5 Å². The molecule has 30 heavy (non-hydrogen) atoms. The van der Waals surface area contributed by atoms with Crippen LogP contribution in [0.15, 0.2) is 60.7 Å². The first-order valence-electron chi connectivity index (χ1n) is 8.79. The third-order valence-corrected chi connectivity index (χ3v) is 5.28. The van der Waals surface area contributed by atoms with E-state index in [1.165, 1.54) is 12.1 Å². The third-order valence-electron chi connectivity index (χ3n) is 4.21. The van der Waals surface area contributed by atoms with Crippen molar-refractivity contribution in [2.24, 2.45) is 0 Å². The lowest BCUT2D eigenvalue weighted by atomic mass is 10.1. The van der Waals surface area contributed by atoms with E-state index in [4.69, 9.17) is 55.9 Å². The van der Waals surface area contributed by atoms with Crippen molar-refractivity contribution in [3.8, 4) is 11.5 Å². The fraction of sp³-hybridized carbons (Fsp3) is 0.0870. The lowest BCUT2D eigenvalue weighted by Gasteiger charge is -2.12. The molecule has 0 N–H and O–H groups in total. The zero-order valence-electron chi connectivity index (χ0n) is 15.8. The average Bonchev–Trinajstić information content (AvgIpc) is 2.71. The number of halogens is 4.